The fraction of sp³-hybridized carbons (Fsp3) is 0.286. The zero-order chi connectivity index (χ0) is 20.2. The lowest BCUT2D eigenvalue weighted by atomic mass is 10.1. The molecule has 0 aliphatic carbocycles. The Hall–Kier alpha value is -3.26. The van der Waals surface area contributed by atoms with Gasteiger partial charge >= 0.3 is 0 Å². The lowest BCUT2D eigenvalue weighted by Crippen LogP contribution is -2.40. The van der Waals surface area contributed by atoms with E-state index in [1.807, 2.05) is 12.1 Å². The Morgan fingerprint density at radius 1 is 1.21 bits per heavy atom. The Balaban J connectivity index is 1.41. The summed E-state index contributed by atoms with van der Waals surface area (Å²) in [6.07, 6.45) is 0. The molecule has 2 heterocycles. The number of halogens is 1. The van der Waals surface area contributed by atoms with Crippen molar-refractivity contribution in [3.8, 4) is 11.4 Å². The number of nitrogens with one attached hydrogen (secondary N) is 1. The number of nitrogens with zero attached hydrogens (tertiary/aromatic N) is 3. The first kappa shape index (κ1) is 19.1. The van der Waals surface area contributed by atoms with Crippen molar-refractivity contribution in [3.63, 3.8) is 0 Å². The molecule has 4 rings (SSSR count). The van der Waals surface area contributed by atoms with Gasteiger partial charge in [-0.05, 0) is 36.8 Å². The molecule has 1 fully saturated rings. The summed E-state index contributed by atoms with van der Waals surface area (Å²) in [4.78, 5) is 18.7. The van der Waals surface area contributed by atoms with Crippen molar-refractivity contribution in [1.82, 2.24) is 15.0 Å². The van der Waals surface area contributed by atoms with Crippen molar-refractivity contribution in [2.45, 2.75) is 13.5 Å². The number of aryl methyl sites for hydroxylation is 1. The standard InChI is InChI=1S/C21H21FN4O3/c1-14-5-6-15(12-18(14)22)20-24-19(29-25-20)13-23-17-4-2-3-16(11-17)21(27)26-7-9-28-10-8-26/h2-6,11-12,23H,7-10,13H2,1H3. The van der Waals surface area contributed by atoms with E-state index in [0.29, 0.717) is 54.7 Å². The molecule has 7 nitrogen and oxygen atoms in total. The van der Waals surface area contributed by atoms with E-state index in [9.17, 15) is 9.18 Å². The zero-order valence-corrected chi connectivity index (χ0v) is 16.0. The first-order valence-corrected chi connectivity index (χ1v) is 9.40. The number of anilines is 1. The van der Waals surface area contributed by atoms with E-state index in [1.165, 1.54) is 6.07 Å². The summed E-state index contributed by atoms with van der Waals surface area (Å²) in [5, 5.41) is 7.09. The molecule has 0 radical (unpaired) electrons. The van der Waals surface area contributed by atoms with Gasteiger partial charge in [0.25, 0.3) is 5.91 Å². The van der Waals surface area contributed by atoms with Crippen LogP contribution in [0.15, 0.2) is 47.0 Å². The molecule has 1 N–H and O–H groups in total. The second-order valence-electron chi connectivity index (χ2n) is 6.81. The van der Waals surface area contributed by atoms with E-state index >= 15 is 0 Å². The molecular formula is C21H21FN4O3. The molecule has 2 aromatic carbocycles. The van der Waals surface area contributed by atoms with Crippen molar-refractivity contribution in [2.24, 2.45) is 0 Å². The predicted molar refractivity (Wildman–Crippen MR) is 105 cm³/mol. The highest BCUT2D eigenvalue weighted by Crippen LogP contribution is 2.20. The molecule has 29 heavy (non-hydrogen) atoms. The number of hydrogen-bond donors (Lipinski definition) is 1. The van der Waals surface area contributed by atoms with Gasteiger partial charge in [-0.1, -0.05) is 23.4 Å². The van der Waals surface area contributed by atoms with E-state index in [-0.39, 0.29) is 18.3 Å². The average molecular weight is 396 g/mol. The van der Waals surface area contributed by atoms with Crippen LogP contribution in [0.5, 0.6) is 0 Å². The van der Waals surface area contributed by atoms with Crippen LogP contribution in [0.25, 0.3) is 11.4 Å². The molecule has 1 saturated heterocycles. The summed E-state index contributed by atoms with van der Waals surface area (Å²) in [6, 6.07) is 12.1. The summed E-state index contributed by atoms with van der Waals surface area (Å²) in [5.41, 5.74) is 2.50. The molecule has 1 amide bonds. The summed E-state index contributed by atoms with van der Waals surface area (Å²) in [6.45, 7) is 4.31. The third-order valence-electron chi connectivity index (χ3n) is 4.75. The van der Waals surface area contributed by atoms with Crippen LogP contribution in [0.2, 0.25) is 0 Å². The number of aromatic nitrogens is 2. The topological polar surface area (TPSA) is 80.5 Å². The van der Waals surface area contributed by atoms with Crippen molar-refractivity contribution in [2.75, 3.05) is 31.6 Å². The molecule has 0 unspecified atom stereocenters. The molecule has 0 saturated carbocycles. The minimum Gasteiger partial charge on any atom is -0.378 e. The van der Waals surface area contributed by atoms with Crippen LogP contribution < -0.4 is 5.32 Å². The van der Waals surface area contributed by atoms with Crippen LogP contribution in [0.3, 0.4) is 0 Å². The maximum Gasteiger partial charge on any atom is 0.254 e. The van der Waals surface area contributed by atoms with Gasteiger partial charge in [-0.3, -0.25) is 4.79 Å². The first-order chi connectivity index (χ1) is 14.1. The largest absolute Gasteiger partial charge is 0.378 e. The van der Waals surface area contributed by atoms with Gasteiger partial charge in [-0.2, -0.15) is 4.98 Å². The van der Waals surface area contributed by atoms with E-state index in [1.54, 1.807) is 36.1 Å². The van der Waals surface area contributed by atoms with Crippen molar-refractivity contribution >= 4 is 11.6 Å². The van der Waals surface area contributed by atoms with Gasteiger partial charge in [0, 0.05) is 29.9 Å². The highest BCUT2D eigenvalue weighted by Gasteiger charge is 2.18. The predicted octanol–water partition coefficient (Wildman–Crippen LogP) is 3.27. The Labute approximate surface area is 167 Å². The smallest absolute Gasteiger partial charge is 0.254 e. The number of carbonyl (C=O) groups excluding carboxylic acids is 1. The number of amides is 1. The number of benzene rings is 2. The SMILES string of the molecule is Cc1ccc(-c2noc(CNc3cccc(C(=O)N4CCOCC4)c3)n2)cc1F. The van der Waals surface area contributed by atoms with Crippen molar-refractivity contribution in [1.29, 1.82) is 0 Å². The summed E-state index contributed by atoms with van der Waals surface area (Å²) in [7, 11) is 0. The maximum atomic E-state index is 13.7. The third kappa shape index (κ3) is 4.43. The zero-order valence-electron chi connectivity index (χ0n) is 16.0. The van der Waals surface area contributed by atoms with Crippen LogP contribution in [0.1, 0.15) is 21.8 Å². The lowest BCUT2D eigenvalue weighted by Gasteiger charge is -2.27. The Morgan fingerprint density at radius 3 is 2.83 bits per heavy atom. The molecule has 150 valence electrons. The van der Waals surface area contributed by atoms with Gasteiger partial charge in [-0.15, -0.1) is 0 Å². The van der Waals surface area contributed by atoms with E-state index < -0.39 is 0 Å². The number of rotatable bonds is 5. The highest BCUT2D eigenvalue weighted by atomic mass is 19.1. The van der Waals surface area contributed by atoms with Gasteiger partial charge in [0.05, 0.1) is 19.8 Å². The minimum atomic E-state index is -0.311. The van der Waals surface area contributed by atoms with Gasteiger partial charge in [0.2, 0.25) is 11.7 Å². The van der Waals surface area contributed by atoms with E-state index in [4.69, 9.17) is 9.26 Å². The second-order valence-corrected chi connectivity index (χ2v) is 6.81. The maximum absolute atomic E-state index is 13.7. The van der Waals surface area contributed by atoms with Crippen molar-refractivity contribution in [3.05, 3.63) is 65.3 Å². The highest BCUT2D eigenvalue weighted by molar-refractivity contribution is 5.95. The van der Waals surface area contributed by atoms with Crippen molar-refractivity contribution < 1.29 is 18.4 Å². The molecule has 1 aliphatic heterocycles. The van der Waals surface area contributed by atoms with E-state index in [2.05, 4.69) is 15.5 Å². The molecule has 3 aromatic rings. The number of morpholine rings is 1. The lowest BCUT2D eigenvalue weighted by molar-refractivity contribution is 0.0303. The fourth-order valence-electron chi connectivity index (χ4n) is 3.06. The first-order valence-electron chi connectivity index (χ1n) is 9.40. The quantitative estimate of drug-likeness (QED) is 0.713. The van der Waals surface area contributed by atoms with Gasteiger partial charge in [0.1, 0.15) is 5.82 Å². The number of carbonyl (C=O) groups is 1. The summed E-state index contributed by atoms with van der Waals surface area (Å²) in [5.74, 6) is 0.370. The molecule has 8 heteroatoms. The van der Waals surface area contributed by atoms with Gasteiger partial charge < -0.3 is 19.5 Å². The number of hydrogen-bond acceptors (Lipinski definition) is 6. The van der Waals surface area contributed by atoms with Crippen LogP contribution in [0, 0.1) is 12.7 Å². The molecule has 0 bridgehead atoms. The van der Waals surface area contributed by atoms with E-state index in [0.717, 1.165) is 5.69 Å². The summed E-state index contributed by atoms with van der Waals surface area (Å²) >= 11 is 0. The van der Waals surface area contributed by atoms with Crippen LogP contribution in [-0.4, -0.2) is 47.3 Å². The molecule has 0 spiro atoms. The summed E-state index contributed by atoms with van der Waals surface area (Å²) < 4.78 is 24.3. The Morgan fingerprint density at radius 2 is 2.03 bits per heavy atom. The normalized spacial score (nSPS) is 14.1. The minimum absolute atomic E-state index is 0.0153. The monoisotopic (exact) mass is 396 g/mol. The van der Waals surface area contributed by atoms with Gasteiger partial charge in [0.15, 0.2) is 0 Å². The number of ether oxygens (including phenoxy) is 1. The van der Waals surface area contributed by atoms with Crippen LogP contribution in [-0.2, 0) is 11.3 Å². The average Bonchev–Trinajstić information content (AvgIpc) is 3.23. The van der Waals surface area contributed by atoms with Gasteiger partial charge in [-0.25, -0.2) is 4.39 Å². The molecule has 1 aromatic heterocycles. The molecule has 1 aliphatic rings. The molecular weight excluding hydrogens is 375 g/mol. The van der Waals surface area contributed by atoms with Crippen LogP contribution >= 0.6 is 0 Å². The van der Waals surface area contributed by atoms with Crippen LogP contribution in [0.4, 0.5) is 10.1 Å². The third-order valence-corrected chi connectivity index (χ3v) is 4.75. The fourth-order valence-corrected chi connectivity index (χ4v) is 3.06. The Bertz CT molecular complexity index is 1010. The Kier molecular flexibility index (Phi) is 5.53. The molecule has 0 atom stereocenters. The second kappa shape index (κ2) is 8.40.